The second kappa shape index (κ2) is 7.83. The topological polar surface area (TPSA) is 73.0 Å². The second-order valence-electron chi connectivity index (χ2n) is 7.92. The van der Waals surface area contributed by atoms with Crippen LogP contribution < -0.4 is 5.56 Å². The summed E-state index contributed by atoms with van der Waals surface area (Å²) in [6.07, 6.45) is 5.97. The molecule has 0 aliphatic heterocycles. The molecule has 31 heavy (non-hydrogen) atoms. The lowest BCUT2D eigenvalue weighted by Gasteiger charge is -2.33. The molecule has 0 saturated carbocycles. The lowest BCUT2D eigenvalue weighted by atomic mass is 9.87. The van der Waals surface area contributed by atoms with Crippen LogP contribution in [0, 0.1) is 0 Å². The molecule has 0 N–H and O–H groups in total. The van der Waals surface area contributed by atoms with Gasteiger partial charge in [0.25, 0.3) is 5.56 Å². The van der Waals surface area contributed by atoms with Crippen molar-refractivity contribution >= 4 is 16.9 Å². The lowest BCUT2D eigenvalue weighted by molar-refractivity contribution is -0.133. The summed E-state index contributed by atoms with van der Waals surface area (Å²) in [7, 11) is 1.82. The highest BCUT2D eigenvalue weighted by atomic mass is 16.2. The molecule has 7 heteroatoms. The van der Waals surface area contributed by atoms with Gasteiger partial charge < -0.3 is 4.90 Å². The Morgan fingerprint density at radius 3 is 2.74 bits per heavy atom. The first kappa shape index (κ1) is 19.2. The van der Waals surface area contributed by atoms with E-state index >= 15 is 0 Å². The average Bonchev–Trinajstić information content (AvgIpc) is 3.25. The Balaban J connectivity index is 1.41. The number of fused-ring (bicyclic) bond motifs is 2. The molecule has 1 atom stereocenters. The van der Waals surface area contributed by atoms with Crippen molar-refractivity contribution < 1.29 is 4.79 Å². The Morgan fingerprint density at radius 1 is 1.13 bits per heavy atom. The molecule has 0 spiro atoms. The highest BCUT2D eigenvalue weighted by Gasteiger charge is 2.27. The van der Waals surface area contributed by atoms with Crippen molar-refractivity contribution in [1.82, 2.24) is 24.2 Å². The van der Waals surface area contributed by atoms with Gasteiger partial charge in [-0.1, -0.05) is 42.5 Å². The Bertz CT molecular complexity index is 1310. The Kier molecular flexibility index (Phi) is 4.86. The minimum atomic E-state index is -0.266. The Morgan fingerprint density at radius 2 is 1.90 bits per heavy atom. The maximum atomic E-state index is 13.1. The van der Waals surface area contributed by atoms with Crippen molar-refractivity contribution in [2.24, 2.45) is 0 Å². The zero-order valence-corrected chi connectivity index (χ0v) is 17.3. The highest BCUT2D eigenvalue weighted by molar-refractivity contribution is 5.78. The van der Waals surface area contributed by atoms with Crippen LogP contribution in [-0.2, 0) is 17.8 Å². The zero-order chi connectivity index (χ0) is 21.4. The fraction of sp³-hybridized carbons (Fsp3) is 0.250. The van der Waals surface area contributed by atoms with E-state index in [-0.39, 0.29) is 24.1 Å². The third kappa shape index (κ3) is 3.42. The molecule has 1 aliphatic carbocycles. The fourth-order valence-corrected chi connectivity index (χ4v) is 4.38. The number of rotatable bonds is 4. The molecule has 0 radical (unpaired) electrons. The lowest BCUT2D eigenvalue weighted by Crippen LogP contribution is -2.37. The molecule has 1 amide bonds. The number of likely N-dealkylation sites (N-methyl/N-ethyl adjacent to an activating group) is 1. The van der Waals surface area contributed by atoms with Crippen LogP contribution in [0.4, 0.5) is 0 Å². The van der Waals surface area contributed by atoms with Crippen molar-refractivity contribution in [3.63, 3.8) is 0 Å². The van der Waals surface area contributed by atoms with Gasteiger partial charge in [-0.3, -0.25) is 14.2 Å². The Hall–Kier alpha value is -3.74. The van der Waals surface area contributed by atoms with Gasteiger partial charge in [-0.25, -0.2) is 9.67 Å². The van der Waals surface area contributed by atoms with Crippen molar-refractivity contribution in [2.75, 3.05) is 7.05 Å². The highest BCUT2D eigenvalue weighted by Crippen LogP contribution is 2.33. The molecule has 1 aliphatic rings. The molecule has 2 heterocycles. The number of aryl methyl sites for hydroxylation is 1. The smallest absolute Gasteiger partial charge is 0.264 e. The van der Waals surface area contributed by atoms with Crippen LogP contribution in [0.5, 0.6) is 0 Å². The second-order valence-corrected chi connectivity index (χ2v) is 7.92. The van der Waals surface area contributed by atoms with E-state index in [4.69, 9.17) is 0 Å². The first-order chi connectivity index (χ1) is 15.1. The summed E-state index contributed by atoms with van der Waals surface area (Å²) < 4.78 is 3.00. The molecule has 5 rings (SSSR count). The number of aromatic nitrogens is 4. The van der Waals surface area contributed by atoms with E-state index < -0.39 is 0 Å². The molecule has 0 unspecified atom stereocenters. The zero-order valence-electron chi connectivity index (χ0n) is 17.3. The van der Waals surface area contributed by atoms with E-state index in [2.05, 4.69) is 22.2 Å². The minimum absolute atomic E-state index is 0.0330. The Labute approximate surface area is 179 Å². The molecule has 4 aromatic rings. The number of para-hydroxylation sites is 1. The van der Waals surface area contributed by atoms with Gasteiger partial charge in [0.15, 0.2) is 5.65 Å². The molecule has 2 aromatic carbocycles. The summed E-state index contributed by atoms with van der Waals surface area (Å²) >= 11 is 0. The monoisotopic (exact) mass is 413 g/mol. The summed E-state index contributed by atoms with van der Waals surface area (Å²) in [5.74, 6) is -0.111. The van der Waals surface area contributed by atoms with Crippen molar-refractivity contribution in [1.29, 1.82) is 0 Å². The number of nitrogens with zero attached hydrogens (tertiary/aromatic N) is 5. The van der Waals surface area contributed by atoms with E-state index in [1.807, 2.05) is 49.5 Å². The predicted molar refractivity (Wildman–Crippen MR) is 118 cm³/mol. The SMILES string of the molecule is CN(C(=O)Cn1cnc2c(cnn2-c2ccccc2)c1=O)[C@@H]1CCCc2ccccc21. The maximum absolute atomic E-state index is 13.1. The summed E-state index contributed by atoms with van der Waals surface area (Å²) in [5, 5.41) is 4.72. The molecule has 0 fully saturated rings. The van der Waals surface area contributed by atoms with Crippen LogP contribution in [0.3, 0.4) is 0 Å². The molecular formula is C24H23N5O2. The molecular weight excluding hydrogens is 390 g/mol. The van der Waals surface area contributed by atoms with E-state index in [0.29, 0.717) is 11.0 Å². The van der Waals surface area contributed by atoms with E-state index in [9.17, 15) is 9.59 Å². The molecule has 0 bridgehead atoms. The third-order valence-electron chi connectivity index (χ3n) is 6.06. The van der Waals surface area contributed by atoms with E-state index in [1.165, 1.54) is 28.2 Å². The van der Waals surface area contributed by atoms with Crippen molar-refractivity contribution in [3.05, 3.63) is 88.6 Å². The summed E-state index contributed by atoms with van der Waals surface area (Å²) in [4.78, 5) is 32.3. The summed E-state index contributed by atoms with van der Waals surface area (Å²) in [6, 6.07) is 17.9. The van der Waals surface area contributed by atoms with Crippen LogP contribution >= 0.6 is 0 Å². The van der Waals surface area contributed by atoms with Gasteiger partial charge in [0.2, 0.25) is 5.91 Å². The number of hydrogen-bond donors (Lipinski definition) is 0. The quantitative estimate of drug-likeness (QED) is 0.515. The van der Waals surface area contributed by atoms with E-state index in [1.54, 1.807) is 9.58 Å². The van der Waals surface area contributed by atoms with Crippen LogP contribution in [0.1, 0.15) is 30.0 Å². The van der Waals surface area contributed by atoms with Gasteiger partial charge in [-0.2, -0.15) is 5.10 Å². The maximum Gasteiger partial charge on any atom is 0.264 e. The fourth-order valence-electron chi connectivity index (χ4n) is 4.38. The predicted octanol–water partition coefficient (Wildman–Crippen LogP) is 3.12. The van der Waals surface area contributed by atoms with Gasteiger partial charge in [0, 0.05) is 7.05 Å². The summed E-state index contributed by atoms with van der Waals surface area (Å²) in [6.45, 7) is -0.0482. The number of carbonyl (C=O) groups is 1. The van der Waals surface area contributed by atoms with Gasteiger partial charge in [-0.15, -0.1) is 0 Å². The van der Waals surface area contributed by atoms with Crippen LogP contribution in [0.15, 0.2) is 71.9 Å². The van der Waals surface area contributed by atoms with Crippen molar-refractivity contribution in [3.8, 4) is 5.69 Å². The number of benzene rings is 2. The van der Waals surface area contributed by atoms with Crippen LogP contribution in [0.25, 0.3) is 16.7 Å². The molecule has 0 saturated heterocycles. The standard InChI is InChI=1S/C24H23N5O2/c1-27(21-13-7-9-17-8-5-6-12-19(17)21)22(30)15-28-16-25-23-20(24(28)31)14-26-29(23)18-10-3-2-4-11-18/h2-6,8,10-12,14,16,21H,7,9,13,15H2,1H3/t21-/m1/s1. The third-order valence-corrected chi connectivity index (χ3v) is 6.06. The molecule has 156 valence electrons. The van der Waals surface area contributed by atoms with E-state index in [0.717, 1.165) is 24.9 Å². The first-order valence-electron chi connectivity index (χ1n) is 10.5. The van der Waals surface area contributed by atoms with Gasteiger partial charge in [-0.05, 0) is 42.5 Å². The largest absolute Gasteiger partial charge is 0.337 e. The first-order valence-corrected chi connectivity index (χ1v) is 10.5. The van der Waals surface area contributed by atoms with Crippen LogP contribution in [0.2, 0.25) is 0 Å². The summed E-state index contributed by atoms with van der Waals surface area (Å²) in [5.41, 5.74) is 3.54. The minimum Gasteiger partial charge on any atom is -0.337 e. The number of carbonyl (C=O) groups excluding carboxylic acids is 1. The molecule has 7 nitrogen and oxygen atoms in total. The van der Waals surface area contributed by atoms with Gasteiger partial charge in [0.05, 0.1) is 17.9 Å². The average molecular weight is 413 g/mol. The number of amides is 1. The molecule has 2 aromatic heterocycles. The van der Waals surface area contributed by atoms with Crippen molar-refractivity contribution in [2.45, 2.75) is 31.8 Å². The number of hydrogen-bond acceptors (Lipinski definition) is 4. The van der Waals surface area contributed by atoms with Gasteiger partial charge in [0.1, 0.15) is 18.3 Å². The van der Waals surface area contributed by atoms with Gasteiger partial charge >= 0.3 is 0 Å². The van der Waals surface area contributed by atoms with Crippen LogP contribution in [-0.4, -0.2) is 37.2 Å². The normalized spacial score (nSPS) is 15.6.